The van der Waals surface area contributed by atoms with Crippen molar-refractivity contribution < 1.29 is 4.79 Å². The van der Waals surface area contributed by atoms with Gasteiger partial charge in [0.1, 0.15) is 0 Å². The number of para-hydroxylation sites is 1. The Morgan fingerprint density at radius 1 is 1.46 bits per heavy atom. The lowest BCUT2D eigenvalue weighted by molar-refractivity contribution is -0.113. The maximum Gasteiger partial charge on any atom is 0.344 e. The van der Waals surface area contributed by atoms with Crippen LogP contribution in [0.2, 0.25) is 0 Å². The highest BCUT2D eigenvalue weighted by Crippen LogP contribution is 2.36. The molecule has 1 aromatic carbocycles. The average Bonchev–Trinajstić information content (AvgIpc) is 3.35. The van der Waals surface area contributed by atoms with E-state index in [9.17, 15) is 9.59 Å². The molecule has 0 unspecified atom stereocenters. The molecule has 1 aliphatic rings. The van der Waals surface area contributed by atoms with Gasteiger partial charge in [-0.3, -0.25) is 9.36 Å². The Morgan fingerprint density at radius 2 is 2.21 bits per heavy atom. The van der Waals surface area contributed by atoms with Crippen LogP contribution >= 0.6 is 11.8 Å². The highest BCUT2D eigenvalue weighted by atomic mass is 32.2. The lowest BCUT2D eigenvalue weighted by atomic mass is 9.97. The standard InChI is InChI=1S/C17H22N4O2S/c1-3-11(2)13-6-4-5-7-14(13)18-15(22)10-24-17-20-19-16(23)21(17)12-8-9-12/h4-7,11-12H,3,8-10H2,1-2H3,(H,18,22)(H,19,23)/t11-/m0/s1. The highest BCUT2D eigenvalue weighted by Gasteiger charge is 2.28. The molecule has 24 heavy (non-hydrogen) atoms. The summed E-state index contributed by atoms with van der Waals surface area (Å²) in [7, 11) is 0. The normalized spacial score (nSPS) is 15.2. The van der Waals surface area contributed by atoms with E-state index in [0.29, 0.717) is 11.1 Å². The number of carbonyl (C=O) groups excluding carboxylic acids is 1. The average molecular weight is 346 g/mol. The van der Waals surface area contributed by atoms with E-state index in [1.165, 1.54) is 11.8 Å². The quantitative estimate of drug-likeness (QED) is 0.755. The van der Waals surface area contributed by atoms with Crippen molar-refractivity contribution in [3.63, 3.8) is 0 Å². The van der Waals surface area contributed by atoms with Gasteiger partial charge in [0.2, 0.25) is 5.91 Å². The summed E-state index contributed by atoms with van der Waals surface area (Å²) in [6.07, 6.45) is 3.02. The molecule has 0 spiro atoms. The topological polar surface area (TPSA) is 79.8 Å². The maximum atomic E-state index is 12.3. The van der Waals surface area contributed by atoms with Gasteiger partial charge in [0.15, 0.2) is 5.16 Å². The monoisotopic (exact) mass is 346 g/mol. The molecule has 3 rings (SSSR count). The molecule has 0 radical (unpaired) electrons. The van der Waals surface area contributed by atoms with Gasteiger partial charge >= 0.3 is 5.69 Å². The van der Waals surface area contributed by atoms with Crippen LogP contribution in [-0.2, 0) is 4.79 Å². The molecule has 6 nitrogen and oxygen atoms in total. The fourth-order valence-corrected chi connectivity index (χ4v) is 3.44. The molecule has 7 heteroatoms. The molecule has 2 aromatic rings. The Bertz CT molecular complexity index is 779. The molecule has 1 saturated carbocycles. The number of anilines is 1. The molecule has 1 amide bonds. The SMILES string of the molecule is CC[C@H](C)c1ccccc1NC(=O)CSc1n[nH]c(=O)n1C1CC1. The van der Waals surface area contributed by atoms with Gasteiger partial charge in [-0.25, -0.2) is 9.89 Å². The zero-order valence-electron chi connectivity index (χ0n) is 13.9. The minimum Gasteiger partial charge on any atom is -0.325 e. The summed E-state index contributed by atoms with van der Waals surface area (Å²) in [5.41, 5.74) is 1.81. The maximum absolute atomic E-state index is 12.3. The Kier molecular flexibility index (Phi) is 5.08. The van der Waals surface area contributed by atoms with E-state index in [2.05, 4.69) is 35.4 Å². The first kappa shape index (κ1) is 16.8. The van der Waals surface area contributed by atoms with Crippen LogP contribution in [0.3, 0.4) is 0 Å². The zero-order chi connectivity index (χ0) is 17.1. The largest absolute Gasteiger partial charge is 0.344 e. The van der Waals surface area contributed by atoms with Crippen molar-refractivity contribution >= 4 is 23.4 Å². The molecule has 128 valence electrons. The van der Waals surface area contributed by atoms with Gasteiger partial charge in [-0.1, -0.05) is 43.8 Å². The first-order valence-corrected chi connectivity index (χ1v) is 9.27. The number of benzene rings is 1. The number of amides is 1. The molecule has 0 aliphatic heterocycles. The Morgan fingerprint density at radius 3 is 2.92 bits per heavy atom. The molecule has 1 heterocycles. The predicted octanol–water partition coefficient (Wildman–Crippen LogP) is 3.15. The summed E-state index contributed by atoms with van der Waals surface area (Å²) in [6.45, 7) is 4.28. The summed E-state index contributed by atoms with van der Waals surface area (Å²) in [5, 5.41) is 10.1. The number of rotatable bonds is 7. The van der Waals surface area contributed by atoms with Crippen molar-refractivity contribution in [2.24, 2.45) is 0 Å². The Balaban J connectivity index is 1.64. The lowest BCUT2D eigenvalue weighted by Crippen LogP contribution is -2.18. The van der Waals surface area contributed by atoms with Crippen molar-refractivity contribution in [3.8, 4) is 0 Å². The second-order valence-electron chi connectivity index (χ2n) is 6.15. The van der Waals surface area contributed by atoms with Crippen LogP contribution in [0.1, 0.15) is 50.6 Å². The summed E-state index contributed by atoms with van der Waals surface area (Å²) >= 11 is 1.29. The van der Waals surface area contributed by atoms with E-state index >= 15 is 0 Å². The second kappa shape index (κ2) is 7.25. The minimum atomic E-state index is -0.192. The summed E-state index contributed by atoms with van der Waals surface area (Å²) < 4.78 is 1.66. The van der Waals surface area contributed by atoms with Crippen LogP contribution in [0.15, 0.2) is 34.2 Å². The first-order chi connectivity index (χ1) is 11.6. The summed E-state index contributed by atoms with van der Waals surface area (Å²) in [6, 6.07) is 8.14. The molecule has 0 bridgehead atoms. The number of nitrogens with zero attached hydrogens (tertiary/aromatic N) is 2. The summed E-state index contributed by atoms with van der Waals surface area (Å²) in [5.74, 6) is 0.528. The molecule has 1 atom stereocenters. The Labute approximate surface area is 145 Å². The molecule has 1 aliphatic carbocycles. The van der Waals surface area contributed by atoms with Crippen molar-refractivity contribution in [2.45, 2.75) is 50.2 Å². The highest BCUT2D eigenvalue weighted by molar-refractivity contribution is 7.99. The van der Waals surface area contributed by atoms with Gasteiger partial charge in [-0.15, -0.1) is 5.10 Å². The number of aromatic amines is 1. The van der Waals surface area contributed by atoms with E-state index in [1.54, 1.807) is 4.57 Å². The lowest BCUT2D eigenvalue weighted by Gasteiger charge is -2.15. The van der Waals surface area contributed by atoms with Crippen LogP contribution in [0, 0.1) is 0 Å². The van der Waals surface area contributed by atoms with Gasteiger partial charge < -0.3 is 5.32 Å². The predicted molar refractivity (Wildman–Crippen MR) is 95.6 cm³/mol. The van der Waals surface area contributed by atoms with E-state index in [4.69, 9.17) is 0 Å². The third-order valence-corrected chi connectivity index (χ3v) is 5.25. The third-order valence-electron chi connectivity index (χ3n) is 4.29. The minimum absolute atomic E-state index is 0.0893. The van der Waals surface area contributed by atoms with E-state index < -0.39 is 0 Å². The molecular formula is C17H22N4O2S. The van der Waals surface area contributed by atoms with Crippen LogP contribution in [-0.4, -0.2) is 26.4 Å². The van der Waals surface area contributed by atoms with E-state index in [-0.39, 0.29) is 23.4 Å². The number of hydrogen-bond donors (Lipinski definition) is 2. The molecule has 2 N–H and O–H groups in total. The van der Waals surface area contributed by atoms with Crippen LogP contribution < -0.4 is 11.0 Å². The van der Waals surface area contributed by atoms with Gasteiger partial charge in [0.05, 0.1) is 5.75 Å². The van der Waals surface area contributed by atoms with E-state index in [0.717, 1.165) is 30.5 Å². The fourth-order valence-electron chi connectivity index (χ4n) is 2.62. The smallest absolute Gasteiger partial charge is 0.325 e. The zero-order valence-corrected chi connectivity index (χ0v) is 14.7. The van der Waals surface area contributed by atoms with Crippen molar-refractivity contribution in [1.82, 2.24) is 14.8 Å². The molecule has 1 fully saturated rings. The second-order valence-corrected chi connectivity index (χ2v) is 7.09. The van der Waals surface area contributed by atoms with Crippen LogP contribution in [0.25, 0.3) is 0 Å². The molecule has 1 aromatic heterocycles. The first-order valence-electron chi connectivity index (χ1n) is 8.28. The van der Waals surface area contributed by atoms with Gasteiger partial charge in [-0.05, 0) is 36.8 Å². The molecular weight excluding hydrogens is 324 g/mol. The van der Waals surface area contributed by atoms with E-state index in [1.807, 2.05) is 18.2 Å². The molecule has 0 saturated heterocycles. The van der Waals surface area contributed by atoms with Crippen molar-refractivity contribution in [1.29, 1.82) is 0 Å². The van der Waals surface area contributed by atoms with Crippen molar-refractivity contribution in [3.05, 3.63) is 40.3 Å². The number of nitrogens with one attached hydrogen (secondary N) is 2. The number of aromatic nitrogens is 3. The van der Waals surface area contributed by atoms with Crippen LogP contribution in [0.5, 0.6) is 0 Å². The number of H-pyrrole nitrogens is 1. The Hall–Kier alpha value is -2.02. The van der Waals surface area contributed by atoms with Gasteiger partial charge in [0.25, 0.3) is 0 Å². The van der Waals surface area contributed by atoms with Crippen molar-refractivity contribution in [2.75, 3.05) is 11.1 Å². The number of thioether (sulfide) groups is 1. The summed E-state index contributed by atoms with van der Waals surface area (Å²) in [4.78, 5) is 24.0. The third kappa shape index (κ3) is 3.72. The van der Waals surface area contributed by atoms with Gasteiger partial charge in [0, 0.05) is 11.7 Å². The number of hydrogen-bond acceptors (Lipinski definition) is 4. The van der Waals surface area contributed by atoms with Crippen LogP contribution in [0.4, 0.5) is 5.69 Å². The van der Waals surface area contributed by atoms with Gasteiger partial charge in [-0.2, -0.15) is 0 Å². The fraction of sp³-hybridized carbons (Fsp3) is 0.471. The number of carbonyl (C=O) groups is 1.